The predicted molar refractivity (Wildman–Crippen MR) is 78.5 cm³/mol. The van der Waals surface area contributed by atoms with Gasteiger partial charge in [0.15, 0.2) is 0 Å². The number of benzene rings is 1. The minimum Gasteiger partial charge on any atom is -0.381 e. The lowest BCUT2D eigenvalue weighted by atomic mass is 9.92. The van der Waals surface area contributed by atoms with E-state index in [0.29, 0.717) is 24.5 Å². The fraction of sp³-hybridized carbons (Fsp3) is 0.500. The molecular weight excluding hydrogens is 283 g/mol. The summed E-state index contributed by atoms with van der Waals surface area (Å²) in [6.07, 6.45) is 1.61. The van der Waals surface area contributed by atoms with Gasteiger partial charge in [-0.1, -0.05) is 0 Å². The van der Waals surface area contributed by atoms with E-state index in [-0.39, 0.29) is 30.0 Å². The second kappa shape index (κ2) is 7.57. The Balaban J connectivity index is 0.00000200. The standard InChI is InChI=1S/C14H19FN2O2.ClH/c1-9-8-11(2-3-12(9)15)17-14(18)13(16)10-4-6-19-7-5-10;/h2-3,8,10,13H,4-7,16H2,1H3,(H,17,18);1H. The largest absolute Gasteiger partial charge is 0.381 e. The van der Waals surface area contributed by atoms with Crippen LogP contribution < -0.4 is 11.1 Å². The molecule has 6 heteroatoms. The molecule has 0 saturated carbocycles. The molecule has 2 rings (SSSR count). The molecular formula is C14H20ClFN2O2. The van der Waals surface area contributed by atoms with Crippen LogP contribution in [-0.4, -0.2) is 25.2 Å². The Morgan fingerprint density at radius 2 is 2.10 bits per heavy atom. The number of carbonyl (C=O) groups is 1. The average Bonchev–Trinajstić information content (AvgIpc) is 2.43. The molecule has 0 radical (unpaired) electrons. The van der Waals surface area contributed by atoms with Crippen LogP contribution in [0.3, 0.4) is 0 Å². The zero-order valence-electron chi connectivity index (χ0n) is 11.4. The second-order valence-electron chi connectivity index (χ2n) is 4.93. The van der Waals surface area contributed by atoms with Gasteiger partial charge >= 0.3 is 0 Å². The molecule has 0 aromatic heterocycles. The molecule has 4 nitrogen and oxygen atoms in total. The van der Waals surface area contributed by atoms with Gasteiger partial charge in [-0.05, 0) is 49.4 Å². The van der Waals surface area contributed by atoms with Crippen molar-refractivity contribution in [1.82, 2.24) is 0 Å². The number of nitrogens with two attached hydrogens (primary N) is 1. The number of aryl methyl sites for hydroxylation is 1. The van der Waals surface area contributed by atoms with E-state index in [4.69, 9.17) is 10.5 Å². The van der Waals surface area contributed by atoms with Crippen LogP contribution in [0.5, 0.6) is 0 Å². The van der Waals surface area contributed by atoms with Crippen LogP contribution in [0.15, 0.2) is 18.2 Å². The Labute approximate surface area is 124 Å². The fourth-order valence-electron chi connectivity index (χ4n) is 2.24. The van der Waals surface area contributed by atoms with Crippen LogP contribution >= 0.6 is 12.4 Å². The van der Waals surface area contributed by atoms with E-state index in [2.05, 4.69) is 5.32 Å². The Morgan fingerprint density at radius 3 is 2.70 bits per heavy atom. The quantitative estimate of drug-likeness (QED) is 0.900. The van der Waals surface area contributed by atoms with Crippen molar-refractivity contribution in [3.8, 4) is 0 Å². The predicted octanol–water partition coefficient (Wildman–Crippen LogP) is 2.25. The molecule has 0 spiro atoms. The molecule has 1 aliphatic rings. The van der Waals surface area contributed by atoms with Crippen molar-refractivity contribution in [2.75, 3.05) is 18.5 Å². The second-order valence-corrected chi connectivity index (χ2v) is 4.93. The summed E-state index contributed by atoms with van der Waals surface area (Å²) in [6, 6.07) is 3.93. The van der Waals surface area contributed by atoms with Crippen molar-refractivity contribution < 1.29 is 13.9 Å². The van der Waals surface area contributed by atoms with E-state index < -0.39 is 6.04 Å². The summed E-state index contributed by atoms with van der Waals surface area (Å²) < 4.78 is 18.4. The van der Waals surface area contributed by atoms with Crippen molar-refractivity contribution >= 4 is 24.0 Å². The zero-order valence-corrected chi connectivity index (χ0v) is 12.2. The molecule has 0 aliphatic carbocycles. The molecule has 1 atom stereocenters. The van der Waals surface area contributed by atoms with Crippen molar-refractivity contribution in [2.45, 2.75) is 25.8 Å². The minimum absolute atomic E-state index is 0. The first-order chi connectivity index (χ1) is 9.08. The van der Waals surface area contributed by atoms with E-state index in [0.717, 1.165) is 12.8 Å². The van der Waals surface area contributed by atoms with Gasteiger partial charge in [0.05, 0.1) is 6.04 Å². The van der Waals surface area contributed by atoms with Crippen molar-refractivity contribution in [2.24, 2.45) is 11.7 Å². The Hall–Kier alpha value is -1.17. The molecule has 1 amide bonds. The SMILES string of the molecule is Cc1cc(NC(=O)C(N)C2CCOCC2)ccc1F.Cl. The van der Waals surface area contributed by atoms with Gasteiger partial charge in [-0.25, -0.2) is 4.39 Å². The first kappa shape index (κ1) is 16.9. The fourth-order valence-corrected chi connectivity index (χ4v) is 2.24. The average molecular weight is 303 g/mol. The van der Waals surface area contributed by atoms with Gasteiger partial charge in [0, 0.05) is 18.9 Å². The third kappa shape index (κ3) is 4.16. The molecule has 1 unspecified atom stereocenters. The van der Waals surface area contributed by atoms with Crippen LogP contribution in [0.1, 0.15) is 18.4 Å². The number of hydrogen-bond acceptors (Lipinski definition) is 3. The molecule has 1 saturated heterocycles. The summed E-state index contributed by atoms with van der Waals surface area (Å²) in [4.78, 5) is 12.0. The number of hydrogen-bond donors (Lipinski definition) is 2. The highest BCUT2D eigenvalue weighted by molar-refractivity contribution is 5.94. The van der Waals surface area contributed by atoms with Gasteiger partial charge in [-0.2, -0.15) is 0 Å². The third-order valence-electron chi connectivity index (χ3n) is 3.50. The lowest BCUT2D eigenvalue weighted by Gasteiger charge is -2.26. The molecule has 112 valence electrons. The van der Waals surface area contributed by atoms with Gasteiger partial charge in [-0.3, -0.25) is 4.79 Å². The van der Waals surface area contributed by atoms with Crippen molar-refractivity contribution in [3.05, 3.63) is 29.6 Å². The molecule has 0 bridgehead atoms. The van der Waals surface area contributed by atoms with Crippen LogP contribution in [0.4, 0.5) is 10.1 Å². The van der Waals surface area contributed by atoms with Crippen molar-refractivity contribution in [3.63, 3.8) is 0 Å². The zero-order chi connectivity index (χ0) is 13.8. The van der Waals surface area contributed by atoms with Gasteiger partial charge in [0.2, 0.25) is 5.91 Å². The molecule has 20 heavy (non-hydrogen) atoms. The van der Waals surface area contributed by atoms with Gasteiger partial charge < -0.3 is 15.8 Å². The van der Waals surface area contributed by atoms with Gasteiger partial charge in [0.25, 0.3) is 0 Å². The van der Waals surface area contributed by atoms with Crippen LogP contribution in [0, 0.1) is 18.7 Å². The lowest BCUT2D eigenvalue weighted by molar-refractivity contribution is -0.119. The number of halogens is 2. The normalized spacial score (nSPS) is 17.1. The summed E-state index contributed by atoms with van der Waals surface area (Å²) >= 11 is 0. The number of amides is 1. The molecule has 1 aliphatic heterocycles. The van der Waals surface area contributed by atoms with E-state index in [9.17, 15) is 9.18 Å². The topological polar surface area (TPSA) is 64.4 Å². The van der Waals surface area contributed by atoms with E-state index in [1.54, 1.807) is 13.0 Å². The first-order valence-corrected chi connectivity index (χ1v) is 6.48. The number of nitrogens with one attached hydrogen (secondary N) is 1. The highest BCUT2D eigenvalue weighted by Crippen LogP contribution is 2.19. The first-order valence-electron chi connectivity index (χ1n) is 6.48. The summed E-state index contributed by atoms with van der Waals surface area (Å²) in [5, 5.41) is 2.74. The van der Waals surface area contributed by atoms with Crippen LogP contribution in [0.25, 0.3) is 0 Å². The lowest BCUT2D eigenvalue weighted by Crippen LogP contribution is -2.44. The maximum absolute atomic E-state index is 13.1. The highest BCUT2D eigenvalue weighted by atomic mass is 35.5. The van der Waals surface area contributed by atoms with Gasteiger partial charge in [0.1, 0.15) is 5.82 Å². The Morgan fingerprint density at radius 1 is 1.45 bits per heavy atom. The van der Waals surface area contributed by atoms with Gasteiger partial charge in [-0.15, -0.1) is 12.4 Å². The third-order valence-corrected chi connectivity index (χ3v) is 3.50. The Kier molecular flexibility index (Phi) is 6.39. The molecule has 1 heterocycles. The van der Waals surface area contributed by atoms with Crippen molar-refractivity contribution in [1.29, 1.82) is 0 Å². The molecule has 1 aromatic rings. The maximum atomic E-state index is 13.1. The number of carbonyl (C=O) groups excluding carboxylic acids is 1. The summed E-state index contributed by atoms with van der Waals surface area (Å²) in [5.74, 6) is -0.361. The number of rotatable bonds is 3. The molecule has 1 aromatic carbocycles. The summed E-state index contributed by atoms with van der Waals surface area (Å²) in [6.45, 7) is 2.96. The van der Waals surface area contributed by atoms with Crippen LogP contribution in [0.2, 0.25) is 0 Å². The smallest absolute Gasteiger partial charge is 0.241 e. The van der Waals surface area contributed by atoms with E-state index in [1.165, 1.54) is 12.1 Å². The summed E-state index contributed by atoms with van der Waals surface area (Å²) in [7, 11) is 0. The number of anilines is 1. The minimum atomic E-state index is -0.547. The monoisotopic (exact) mass is 302 g/mol. The maximum Gasteiger partial charge on any atom is 0.241 e. The number of ether oxygens (including phenoxy) is 1. The van der Waals surface area contributed by atoms with E-state index >= 15 is 0 Å². The Bertz CT molecular complexity index is 464. The van der Waals surface area contributed by atoms with Crippen LogP contribution in [-0.2, 0) is 9.53 Å². The van der Waals surface area contributed by atoms with E-state index in [1.807, 2.05) is 0 Å². The molecule has 3 N–H and O–H groups in total. The molecule has 1 fully saturated rings. The highest BCUT2D eigenvalue weighted by Gasteiger charge is 2.26. The summed E-state index contributed by atoms with van der Waals surface area (Å²) in [5.41, 5.74) is 7.04.